The molecule has 1 atom stereocenters. The number of carbonyl (C=O) groups is 2. The molecule has 1 saturated heterocycles. The third-order valence-electron chi connectivity index (χ3n) is 3.93. The van der Waals surface area contributed by atoms with Gasteiger partial charge in [-0.05, 0) is 37.0 Å². The largest absolute Gasteiger partial charge is 0.450 e. The van der Waals surface area contributed by atoms with E-state index in [9.17, 15) is 9.59 Å². The van der Waals surface area contributed by atoms with Crippen LogP contribution in [-0.4, -0.2) is 42.7 Å². The summed E-state index contributed by atoms with van der Waals surface area (Å²) in [5, 5.41) is 5.74. The average Bonchev–Trinajstić information content (AvgIpc) is 3.14. The fourth-order valence-corrected chi connectivity index (χ4v) is 5.62. The Balaban J connectivity index is 1.88. The topological polar surface area (TPSA) is 67.4 Å². The minimum absolute atomic E-state index is 0.123. The predicted molar refractivity (Wildman–Crippen MR) is 110 cm³/mol. The third kappa shape index (κ3) is 6.76. The van der Waals surface area contributed by atoms with Crippen molar-refractivity contribution in [2.75, 3.05) is 24.7 Å². The third-order valence-corrected chi connectivity index (χ3v) is 7.03. The van der Waals surface area contributed by atoms with E-state index in [1.807, 2.05) is 47.8 Å². The number of alkyl carbamates (subject to hydrolysis) is 1. The van der Waals surface area contributed by atoms with Gasteiger partial charge in [0.05, 0.1) is 11.2 Å². The normalized spacial score (nSPS) is 15.7. The summed E-state index contributed by atoms with van der Waals surface area (Å²) in [4.78, 5) is 24.1. The second-order valence-corrected chi connectivity index (χ2v) is 9.32. The second kappa shape index (κ2) is 10.7. The maximum absolute atomic E-state index is 12.4. The first-order valence-electron chi connectivity index (χ1n) is 9.04. The molecule has 1 aliphatic heterocycles. The van der Waals surface area contributed by atoms with Gasteiger partial charge in [0.15, 0.2) is 0 Å². The molecular weight excluding hydrogens is 368 g/mol. The maximum atomic E-state index is 12.4. The van der Waals surface area contributed by atoms with Gasteiger partial charge in [-0.15, -0.1) is 23.5 Å². The van der Waals surface area contributed by atoms with Crippen molar-refractivity contribution in [2.45, 2.75) is 37.8 Å². The molecule has 1 aromatic carbocycles. The van der Waals surface area contributed by atoms with Crippen molar-refractivity contribution in [3.05, 3.63) is 35.4 Å². The summed E-state index contributed by atoms with van der Waals surface area (Å²) >= 11 is 3.90. The van der Waals surface area contributed by atoms with Crippen LogP contribution in [0.2, 0.25) is 0 Å². The van der Waals surface area contributed by atoms with Gasteiger partial charge in [-0.25, -0.2) is 4.79 Å². The smallest absolute Gasteiger partial charge is 0.407 e. The lowest BCUT2D eigenvalue weighted by Gasteiger charge is -2.21. The van der Waals surface area contributed by atoms with Gasteiger partial charge in [-0.3, -0.25) is 4.79 Å². The Labute approximate surface area is 164 Å². The minimum Gasteiger partial charge on any atom is -0.450 e. The van der Waals surface area contributed by atoms with Crippen molar-refractivity contribution >= 4 is 35.5 Å². The molecule has 1 aromatic rings. The van der Waals surface area contributed by atoms with E-state index in [2.05, 4.69) is 24.5 Å². The Kier molecular flexibility index (Phi) is 8.65. The van der Waals surface area contributed by atoms with E-state index < -0.39 is 6.09 Å². The summed E-state index contributed by atoms with van der Waals surface area (Å²) in [5.74, 6) is 2.65. The lowest BCUT2D eigenvalue weighted by atomic mass is 10.0. The Morgan fingerprint density at radius 1 is 1.19 bits per heavy atom. The molecule has 0 radical (unpaired) electrons. The van der Waals surface area contributed by atoms with E-state index in [1.165, 1.54) is 17.1 Å². The zero-order valence-corrected chi connectivity index (χ0v) is 17.3. The first-order valence-corrected chi connectivity index (χ1v) is 11.1. The van der Waals surface area contributed by atoms with Gasteiger partial charge in [-0.1, -0.05) is 26.0 Å². The molecule has 0 bridgehead atoms. The number of amides is 2. The summed E-state index contributed by atoms with van der Waals surface area (Å²) in [6.07, 6.45) is 0.331. The molecule has 144 valence electrons. The number of carbonyl (C=O) groups excluding carboxylic acids is 2. The van der Waals surface area contributed by atoms with Crippen LogP contribution >= 0.6 is 23.5 Å². The Hall–Kier alpha value is -1.34. The number of nitrogens with one attached hydrogen (secondary N) is 2. The molecule has 1 unspecified atom stereocenters. The van der Waals surface area contributed by atoms with Gasteiger partial charge in [-0.2, -0.15) is 0 Å². The highest BCUT2D eigenvalue weighted by Gasteiger charge is 2.19. The second-order valence-electron chi connectivity index (χ2n) is 6.60. The van der Waals surface area contributed by atoms with Crippen LogP contribution in [0, 0.1) is 5.92 Å². The number of benzene rings is 1. The molecule has 1 fully saturated rings. The van der Waals surface area contributed by atoms with Crippen molar-refractivity contribution in [1.82, 2.24) is 10.6 Å². The molecule has 1 aliphatic rings. The Morgan fingerprint density at radius 3 is 2.42 bits per heavy atom. The van der Waals surface area contributed by atoms with Gasteiger partial charge in [0.25, 0.3) is 5.91 Å². The molecule has 7 heteroatoms. The van der Waals surface area contributed by atoms with E-state index in [-0.39, 0.29) is 11.9 Å². The van der Waals surface area contributed by atoms with Crippen molar-refractivity contribution in [3.8, 4) is 0 Å². The van der Waals surface area contributed by atoms with Gasteiger partial charge in [0.2, 0.25) is 0 Å². The maximum Gasteiger partial charge on any atom is 0.407 e. The standard InChI is InChI=1S/C19H28N2O3S2/c1-4-24-19(23)21-16(11-13(2)3)12-20-17(22)14-5-7-15(8-6-14)18-25-9-10-26-18/h5-8,13,16,18H,4,9-12H2,1-3H3,(H,20,22)(H,21,23). The molecule has 26 heavy (non-hydrogen) atoms. The first kappa shape index (κ1) is 21.0. The summed E-state index contributed by atoms with van der Waals surface area (Å²) < 4.78 is 5.42. The van der Waals surface area contributed by atoms with Gasteiger partial charge >= 0.3 is 6.09 Å². The minimum atomic E-state index is -0.441. The van der Waals surface area contributed by atoms with Gasteiger partial charge in [0.1, 0.15) is 0 Å². The molecule has 2 rings (SSSR count). The highest BCUT2D eigenvalue weighted by atomic mass is 32.2. The highest BCUT2D eigenvalue weighted by molar-refractivity contribution is 8.19. The highest BCUT2D eigenvalue weighted by Crippen LogP contribution is 2.45. The molecule has 1 heterocycles. The first-order chi connectivity index (χ1) is 12.5. The van der Waals surface area contributed by atoms with Crippen LogP contribution < -0.4 is 10.6 Å². The molecule has 0 spiro atoms. The van der Waals surface area contributed by atoms with Crippen LogP contribution in [-0.2, 0) is 4.74 Å². The molecule has 0 aromatic heterocycles. The monoisotopic (exact) mass is 396 g/mol. The Bertz CT molecular complexity index is 587. The summed E-state index contributed by atoms with van der Waals surface area (Å²) in [5.41, 5.74) is 1.90. The molecular formula is C19H28N2O3S2. The quantitative estimate of drug-likeness (QED) is 0.694. The summed E-state index contributed by atoms with van der Waals surface area (Å²) in [6.45, 7) is 6.65. The fourth-order valence-electron chi connectivity index (χ4n) is 2.76. The van der Waals surface area contributed by atoms with E-state index in [0.717, 1.165) is 6.42 Å². The lowest BCUT2D eigenvalue weighted by molar-refractivity contribution is 0.0944. The zero-order chi connectivity index (χ0) is 18.9. The molecule has 0 saturated carbocycles. The SMILES string of the molecule is CCOC(=O)NC(CNC(=O)c1ccc(C2SCCS2)cc1)CC(C)C. The van der Waals surface area contributed by atoms with E-state index >= 15 is 0 Å². The predicted octanol–water partition coefficient (Wildman–Crippen LogP) is 4.06. The van der Waals surface area contributed by atoms with Crippen LogP contribution in [0.15, 0.2) is 24.3 Å². The van der Waals surface area contributed by atoms with Crippen LogP contribution in [0.25, 0.3) is 0 Å². The van der Waals surface area contributed by atoms with Crippen molar-refractivity contribution in [3.63, 3.8) is 0 Å². The van der Waals surface area contributed by atoms with Crippen LogP contribution in [0.4, 0.5) is 4.79 Å². The molecule has 2 N–H and O–H groups in total. The average molecular weight is 397 g/mol. The van der Waals surface area contributed by atoms with Crippen LogP contribution in [0.3, 0.4) is 0 Å². The number of ether oxygens (including phenoxy) is 1. The van der Waals surface area contributed by atoms with E-state index in [1.54, 1.807) is 6.92 Å². The fraction of sp³-hybridized carbons (Fsp3) is 0.579. The van der Waals surface area contributed by atoms with Crippen molar-refractivity contribution in [1.29, 1.82) is 0 Å². The number of hydrogen-bond donors (Lipinski definition) is 2. The van der Waals surface area contributed by atoms with E-state index in [4.69, 9.17) is 4.74 Å². The van der Waals surface area contributed by atoms with Crippen molar-refractivity contribution < 1.29 is 14.3 Å². The Morgan fingerprint density at radius 2 is 1.85 bits per heavy atom. The lowest BCUT2D eigenvalue weighted by Crippen LogP contribution is -2.44. The number of thioether (sulfide) groups is 2. The van der Waals surface area contributed by atoms with E-state index in [0.29, 0.717) is 29.2 Å². The summed E-state index contributed by atoms with van der Waals surface area (Å²) in [6, 6.07) is 7.67. The van der Waals surface area contributed by atoms with Gasteiger partial charge in [0, 0.05) is 29.7 Å². The van der Waals surface area contributed by atoms with Crippen molar-refractivity contribution in [2.24, 2.45) is 5.92 Å². The van der Waals surface area contributed by atoms with Crippen LogP contribution in [0.1, 0.15) is 47.7 Å². The number of hydrogen-bond acceptors (Lipinski definition) is 5. The zero-order valence-electron chi connectivity index (χ0n) is 15.6. The van der Waals surface area contributed by atoms with Crippen LogP contribution in [0.5, 0.6) is 0 Å². The molecule has 0 aliphatic carbocycles. The van der Waals surface area contributed by atoms with Gasteiger partial charge < -0.3 is 15.4 Å². The summed E-state index contributed by atoms with van der Waals surface area (Å²) in [7, 11) is 0. The molecule has 5 nitrogen and oxygen atoms in total. The molecule has 2 amide bonds. The number of rotatable bonds is 8.